The second kappa shape index (κ2) is 14.8. The van der Waals surface area contributed by atoms with Crippen LogP contribution in [0.25, 0.3) is 21.8 Å². The van der Waals surface area contributed by atoms with Crippen LogP contribution in [0.5, 0.6) is 0 Å². The monoisotopic (exact) mass is 807 g/mol. The molecule has 0 saturated heterocycles. The first kappa shape index (κ1) is 37.4. The van der Waals surface area contributed by atoms with Gasteiger partial charge in [0, 0.05) is 59.3 Å². The van der Waals surface area contributed by atoms with Crippen LogP contribution in [0.2, 0.25) is 15.1 Å². The molecule has 0 saturated carbocycles. The summed E-state index contributed by atoms with van der Waals surface area (Å²) in [4.78, 5) is 9.44. The molecule has 4 N–H and O–H groups in total. The summed E-state index contributed by atoms with van der Waals surface area (Å²) >= 11 is 17.5. The van der Waals surface area contributed by atoms with Gasteiger partial charge in [0.1, 0.15) is 21.4 Å². The summed E-state index contributed by atoms with van der Waals surface area (Å²) in [6.07, 6.45) is 5.26. The van der Waals surface area contributed by atoms with E-state index in [1.54, 1.807) is 18.2 Å². The summed E-state index contributed by atoms with van der Waals surface area (Å²) in [6.45, 7) is 0.181. The van der Waals surface area contributed by atoms with Gasteiger partial charge in [-0.05, 0) is 42.0 Å². The zero-order valence-corrected chi connectivity index (χ0v) is 30.2. The van der Waals surface area contributed by atoms with E-state index >= 15 is 0 Å². The highest BCUT2D eigenvalue weighted by Gasteiger charge is 2.24. The number of halogens is 6. The fourth-order valence-corrected chi connectivity index (χ4v) is 8.55. The van der Waals surface area contributed by atoms with E-state index in [1.807, 2.05) is 4.72 Å². The SMILES string of the molecule is COCc1cnc(NS(=O)(=O)c2c[nH]c3cc(Cl)ccc23)c(F)c1.CS(=O)c1ccc2c(S(=O)(=O)Nc3cc(F)c(Cl)cc3F)c[nH]c2c1Cl. The molecule has 0 spiro atoms. The van der Waals surface area contributed by atoms with Crippen LogP contribution in [0.15, 0.2) is 81.8 Å². The Hall–Kier alpha value is -3.84. The van der Waals surface area contributed by atoms with Gasteiger partial charge < -0.3 is 14.7 Å². The average molecular weight is 809 g/mol. The summed E-state index contributed by atoms with van der Waals surface area (Å²) in [5.74, 6) is -3.15. The van der Waals surface area contributed by atoms with Crippen molar-refractivity contribution in [3.8, 4) is 0 Å². The van der Waals surface area contributed by atoms with E-state index in [-0.39, 0.29) is 38.1 Å². The molecule has 264 valence electrons. The first-order valence-corrected chi connectivity index (χ1v) is 19.4. The lowest BCUT2D eigenvalue weighted by Gasteiger charge is -2.09. The molecule has 6 aromatic rings. The Morgan fingerprint density at radius 2 is 1.50 bits per heavy atom. The largest absolute Gasteiger partial charge is 0.380 e. The van der Waals surface area contributed by atoms with Crippen molar-refractivity contribution >= 4 is 99.0 Å². The molecule has 3 aromatic heterocycles. The number of ether oxygens (including phenoxy) is 1. The number of hydrogen-bond donors (Lipinski definition) is 4. The molecule has 3 heterocycles. The number of H-pyrrole nitrogens is 2. The fourth-order valence-electron chi connectivity index (χ4n) is 4.64. The van der Waals surface area contributed by atoms with Crippen LogP contribution in [0.3, 0.4) is 0 Å². The van der Waals surface area contributed by atoms with Crippen molar-refractivity contribution in [2.45, 2.75) is 21.3 Å². The van der Waals surface area contributed by atoms with Gasteiger partial charge in [-0.1, -0.05) is 40.9 Å². The minimum Gasteiger partial charge on any atom is -0.380 e. The summed E-state index contributed by atoms with van der Waals surface area (Å²) in [5.41, 5.74) is 0.743. The summed E-state index contributed by atoms with van der Waals surface area (Å²) < 4.78 is 112. The molecule has 6 rings (SSSR count). The number of fused-ring (bicyclic) bond motifs is 2. The molecule has 0 radical (unpaired) electrons. The topological polar surface area (TPSA) is 163 Å². The molecule has 1 unspecified atom stereocenters. The Kier molecular flexibility index (Phi) is 11.1. The minimum atomic E-state index is -4.26. The lowest BCUT2D eigenvalue weighted by molar-refractivity contribution is 0.184. The highest BCUT2D eigenvalue weighted by Crippen LogP contribution is 2.34. The maximum atomic E-state index is 14.0. The highest BCUT2D eigenvalue weighted by atomic mass is 35.5. The predicted octanol–water partition coefficient (Wildman–Crippen LogP) is 7.59. The van der Waals surface area contributed by atoms with E-state index in [0.717, 1.165) is 6.20 Å². The third-order valence-electron chi connectivity index (χ3n) is 6.91. The van der Waals surface area contributed by atoms with Crippen molar-refractivity contribution in [2.75, 3.05) is 22.8 Å². The maximum Gasteiger partial charge on any atom is 0.265 e. The summed E-state index contributed by atoms with van der Waals surface area (Å²) in [6, 6.07) is 10.1. The average Bonchev–Trinajstić information content (AvgIpc) is 3.67. The minimum absolute atomic E-state index is 0.0173. The predicted molar refractivity (Wildman–Crippen MR) is 187 cm³/mol. The van der Waals surface area contributed by atoms with Crippen LogP contribution in [-0.2, 0) is 42.2 Å². The molecular formula is C30H23Cl3F3N5O6S3. The van der Waals surface area contributed by atoms with Crippen LogP contribution in [-0.4, -0.2) is 49.4 Å². The van der Waals surface area contributed by atoms with Crippen LogP contribution in [0.1, 0.15) is 5.56 Å². The van der Waals surface area contributed by atoms with Gasteiger partial charge in [-0.2, -0.15) is 0 Å². The van der Waals surface area contributed by atoms with Crippen molar-refractivity contribution < 1.29 is 39.0 Å². The van der Waals surface area contributed by atoms with Crippen LogP contribution < -0.4 is 9.44 Å². The first-order valence-electron chi connectivity index (χ1n) is 13.8. The lowest BCUT2D eigenvalue weighted by atomic mass is 10.2. The fraction of sp³-hybridized carbons (Fsp3) is 0.100. The number of nitrogens with zero attached hydrogens (tertiary/aromatic N) is 1. The number of rotatable bonds is 9. The van der Waals surface area contributed by atoms with Crippen molar-refractivity contribution in [1.82, 2.24) is 15.0 Å². The van der Waals surface area contributed by atoms with E-state index in [1.165, 1.54) is 44.0 Å². The Morgan fingerprint density at radius 1 is 0.840 bits per heavy atom. The summed E-state index contributed by atoms with van der Waals surface area (Å²) in [5, 5.41) is 0.787. The number of hydrogen-bond acceptors (Lipinski definition) is 7. The molecule has 0 aliphatic rings. The smallest absolute Gasteiger partial charge is 0.265 e. The van der Waals surface area contributed by atoms with Gasteiger partial charge in [-0.3, -0.25) is 13.7 Å². The second-order valence-electron chi connectivity index (χ2n) is 10.3. The number of nitrogens with one attached hydrogen (secondary N) is 4. The number of methoxy groups -OCH3 is 1. The van der Waals surface area contributed by atoms with Crippen molar-refractivity contribution in [3.63, 3.8) is 0 Å². The van der Waals surface area contributed by atoms with E-state index in [4.69, 9.17) is 39.5 Å². The molecular weight excluding hydrogens is 786 g/mol. The van der Waals surface area contributed by atoms with Gasteiger partial charge in [0.25, 0.3) is 20.0 Å². The highest BCUT2D eigenvalue weighted by molar-refractivity contribution is 7.93. The number of pyridine rings is 1. The van der Waals surface area contributed by atoms with Crippen LogP contribution >= 0.6 is 34.8 Å². The zero-order valence-electron chi connectivity index (χ0n) is 25.4. The number of benzene rings is 3. The van der Waals surface area contributed by atoms with Crippen molar-refractivity contribution in [2.24, 2.45) is 0 Å². The third-order valence-corrected chi connectivity index (χ3v) is 11.7. The van der Waals surface area contributed by atoms with Gasteiger partial charge in [0.15, 0.2) is 11.6 Å². The van der Waals surface area contributed by atoms with E-state index < -0.39 is 59.0 Å². The summed E-state index contributed by atoms with van der Waals surface area (Å²) in [7, 11) is -8.18. The van der Waals surface area contributed by atoms with Gasteiger partial charge in [0.2, 0.25) is 0 Å². The van der Waals surface area contributed by atoms with E-state index in [0.29, 0.717) is 38.5 Å². The van der Waals surface area contributed by atoms with Crippen LogP contribution in [0.4, 0.5) is 24.7 Å². The lowest BCUT2D eigenvalue weighted by Crippen LogP contribution is -2.15. The molecule has 20 heteroatoms. The number of aromatic amines is 2. The van der Waals surface area contributed by atoms with E-state index in [2.05, 4.69) is 19.7 Å². The quantitative estimate of drug-likeness (QED) is 0.109. The zero-order chi connectivity index (χ0) is 36.5. The van der Waals surface area contributed by atoms with Gasteiger partial charge >= 0.3 is 0 Å². The first-order chi connectivity index (χ1) is 23.5. The van der Waals surface area contributed by atoms with Crippen LogP contribution in [0, 0.1) is 17.5 Å². The van der Waals surface area contributed by atoms with Gasteiger partial charge in [0.05, 0.1) is 43.6 Å². The second-order valence-corrected chi connectivity index (χ2v) is 16.2. The Bertz CT molecular complexity index is 2510. The normalized spacial score (nSPS) is 12.5. The van der Waals surface area contributed by atoms with Crippen molar-refractivity contribution in [3.05, 3.63) is 105 Å². The standard InChI is InChI=1S/C15H10Cl2F2N2O3S2.C15H13ClFN3O3S/c1-25(22)12-3-2-7-13(6-20-15(7)14(12)17)26(23,24)21-11-5-9(18)8(16)4-10(11)19;1-23-8-9-4-12(17)15(19-6-9)20-24(21,22)14-7-18-13-5-10(16)2-3-11(13)14/h2-6,20-21H,1H3;2-7,18H,8H2,1H3,(H,19,20). The molecule has 50 heavy (non-hydrogen) atoms. The van der Waals surface area contributed by atoms with E-state index in [9.17, 15) is 34.2 Å². The molecule has 11 nitrogen and oxygen atoms in total. The molecule has 1 atom stereocenters. The van der Waals surface area contributed by atoms with Gasteiger partial charge in [-0.25, -0.2) is 35.0 Å². The molecule has 0 aliphatic heterocycles. The number of anilines is 2. The number of aromatic nitrogens is 3. The third kappa shape index (κ3) is 7.88. The number of sulfonamides is 2. The molecule has 0 aliphatic carbocycles. The molecule has 0 fully saturated rings. The van der Waals surface area contributed by atoms with Crippen molar-refractivity contribution in [1.29, 1.82) is 0 Å². The molecule has 0 amide bonds. The Labute approximate surface area is 300 Å². The molecule has 3 aromatic carbocycles. The molecule has 0 bridgehead atoms. The Morgan fingerprint density at radius 3 is 2.18 bits per heavy atom. The Balaban J connectivity index is 0.000000195. The maximum absolute atomic E-state index is 14.0. The van der Waals surface area contributed by atoms with Gasteiger partial charge in [-0.15, -0.1) is 0 Å².